The predicted molar refractivity (Wildman–Crippen MR) is 107 cm³/mol. The third kappa shape index (κ3) is 5.41. The molecule has 8 nitrogen and oxygen atoms in total. The minimum atomic E-state index is -0.928. The van der Waals surface area contributed by atoms with Crippen LogP contribution in [0.2, 0.25) is 0 Å². The summed E-state index contributed by atoms with van der Waals surface area (Å²) in [5, 5.41) is 3.36. The summed E-state index contributed by atoms with van der Waals surface area (Å²) in [6.07, 6.45) is 0.412. The van der Waals surface area contributed by atoms with Gasteiger partial charge in [-0.3, -0.25) is 14.4 Å². The molecule has 0 spiro atoms. The zero-order chi connectivity index (χ0) is 20.8. The van der Waals surface area contributed by atoms with Crippen LogP contribution in [0.25, 0.3) is 10.2 Å². The number of benzene rings is 1. The van der Waals surface area contributed by atoms with Gasteiger partial charge in [0.15, 0.2) is 11.9 Å². The predicted octanol–water partition coefficient (Wildman–Crippen LogP) is 2.60. The quantitative estimate of drug-likeness (QED) is 0.568. The van der Waals surface area contributed by atoms with E-state index < -0.39 is 18.0 Å². The first-order chi connectivity index (χ1) is 13.9. The van der Waals surface area contributed by atoms with Crippen LogP contribution in [0.4, 0.5) is 0 Å². The van der Waals surface area contributed by atoms with Gasteiger partial charge in [0.2, 0.25) is 0 Å². The maximum atomic E-state index is 12.5. The molecule has 1 unspecified atom stereocenters. The zero-order valence-corrected chi connectivity index (χ0v) is 16.9. The average Bonchev–Trinajstić information content (AvgIpc) is 3.36. The second kappa shape index (κ2) is 9.33. The molecule has 1 atom stereocenters. The fraction of sp³-hybridized carbons (Fsp3) is 0.300. The van der Waals surface area contributed by atoms with Crippen molar-refractivity contribution in [3.05, 3.63) is 53.4 Å². The lowest BCUT2D eigenvalue weighted by Crippen LogP contribution is -2.37. The van der Waals surface area contributed by atoms with Crippen molar-refractivity contribution in [2.24, 2.45) is 0 Å². The third-order valence-electron chi connectivity index (χ3n) is 4.10. The highest BCUT2D eigenvalue weighted by atomic mass is 32.1. The Morgan fingerprint density at radius 3 is 2.76 bits per heavy atom. The first kappa shape index (κ1) is 20.5. The van der Waals surface area contributed by atoms with Gasteiger partial charge >= 0.3 is 5.97 Å². The molecule has 0 saturated carbocycles. The molecule has 2 aromatic heterocycles. The number of rotatable bonds is 8. The van der Waals surface area contributed by atoms with Crippen molar-refractivity contribution < 1.29 is 23.5 Å². The molecule has 0 radical (unpaired) electrons. The molecular weight excluding hydrogens is 394 g/mol. The number of furan rings is 1. The van der Waals surface area contributed by atoms with Crippen molar-refractivity contribution in [1.29, 1.82) is 0 Å². The molecule has 2 amide bonds. The number of fused-ring (bicyclic) bond motifs is 1. The molecule has 29 heavy (non-hydrogen) atoms. The number of nitrogens with one attached hydrogen (secondary N) is 1. The van der Waals surface area contributed by atoms with Crippen molar-refractivity contribution in [3.8, 4) is 0 Å². The van der Waals surface area contributed by atoms with Gasteiger partial charge < -0.3 is 19.4 Å². The smallest absolute Gasteiger partial charge is 0.308 e. The van der Waals surface area contributed by atoms with Gasteiger partial charge in [0.05, 0.1) is 29.4 Å². The van der Waals surface area contributed by atoms with E-state index in [9.17, 15) is 14.4 Å². The van der Waals surface area contributed by atoms with Crippen LogP contribution in [0.15, 0.2) is 47.1 Å². The van der Waals surface area contributed by atoms with Gasteiger partial charge in [-0.1, -0.05) is 12.1 Å². The molecule has 0 aliphatic heterocycles. The van der Waals surface area contributed by atoms with Crippen LogP contribution < -0.4 is 5.32 Å². The topological polar surface area (TPSA) is 102 Å². The number of carbonyl (C=O) groups is 3. The first-order valence-corrected chi connectivity index (χ1v) is 9.86. The van der Waals surface area contributed by atoms with Crippen LogP contribution in [-0.2, 0) is 20.9 Å². The SMILES string of the molecule is CC(OC(=O)CCNC(=O)c1ccco1)C(=O)N(C)Cc1nc2ccccc2s1. The maximum absolute atomic E-state index is 12.5. The molecule has 0 aliphatic carbocycles. The normalized spacial score (nSPS) is 11.8. The van der Waals surface area contributed by atoms with E-state index >= 15 is 0 Å². The molecule has 0 aliphatic rings. The lowest BCUT2D eigenvalue weighted by molar-refractivity contribution is -0.158. The Balaban J connectivity index is 1.43. The van der Waals surface area contributed by atoms with Crippen LogP contribution in [0.5, 0.6) is 0 Å². The fourth-order valence-corrected chi connectivity index (χ4v) is 3.68. The maximum Gasteiger partial charge on any atom is 0.308 e. The summed E-state index contributed by atoms with van der Waals surface area (Å²) < 4.78 is 11.2. The van der Waals surface area contributed by atoms with Crippen LogP contribution in [0, 0.1) is 0 Å². The largest absolute Gasteiger partial charge is 0.459 e. The van der Waals surface area contributed by atoms with Gasteiger partial charge in [0.1, 0.15) is 5.01 Å². The minimum Gasteiger partial charge on any atom is -0.459 e. The number of esters is 1. The number of ether oxygens (including phenoxy) is 1. The van der Waals surface area contributed by atoms with Crippen LogP contribution in [-0.4, -0.2) is 47.4 Å². The first-order valence-electron chi connectivity index (χ1n) is 9.04. The van der Waals surface area contributed by atoms with E-state index in [0.29, 0.717) is 6.54 Å². The summed E-state index contributed by atoms with van der Waals surface area (Å²) in [7, 11) is 1.64. The molecule has 3 aromatic rings. The fourth-order valence-electron chi connectivity index (χ4n) is 2.66. The highest BCUT2D eigenvalue weighted by Crippen LogP contribution is 2.22. The van der Waals surface area contributed by atoms with E-state index in [0.717, 1.165) is 15.2 Å². The number of likely N-dealkylation sites (N-methyl/N-ethyl adjacent to an activating group) is 1. The molecule has 0 fully saturated rings. The van der Waals surface area contributed by atoms with Gasteiger partial charge in [-0.05, 0) is 31.2 Å². The number of hydrogen-bond acceptors (Lipinski definition) is 7. The van der Waals surface area contributed by atoms with Crippen molar-refractivity contribution >= 4 is 39.3 Å². The highest BCUT2D eigenvalue weighted by molar-refractivity contribution is 7.18. The van der Waals surface area contributed by atoms with E-state index in [1.165, 1.54) is 35.5 Å². The van der Waals surface area contributed by atoms with Crippen molar-refractivity contribution in [1.82, 2.24) is 15.2 Å². The summed E-state index contributed by atoms with van der Waals surface area (Å²) in [6, 6.07) is 10.9. The monoisotopic (exact) mass is 415 g/mol. The van der Waals surface area contributed by atoms with E-state index in [2.05, 4.69) is 10.3 Å². The number of carbonyl (C=O) groups excluding carboxylic acids is 3. The standard InChI is InChI=1S/C20H21N3O5S/c1-13(28-18(24)9-10-21-19(25)15-7-5-11-27-15)20(26)23(2)12-17-22-14-6-3-4-8-16(14)29-17/h3-8,11,13H,9-10,12H2,1-2H3,(H,21,25). The Hall–Kier alpha value is -3.20. The summed E-state index contributed by atoms with van der Waals surface area (Å²) in [4.78, 5) is 42.1. The molecule has 0 bridgehead atoms. The third-order valence-corrected chi connectivity index (χ3v) is 5.12. The average molecular weight is 415 g/mol. The molecular formula is C20H21N3O5S. The van der Waals surface area contributed by atoms with E-state index in [4.69, 9.17) is 9.15 Å². The van der Waals surface area contributed by atoms with Gasteiger partial charge in [0, 0.05) is 13.6 Å². The lowest BCUT2D eigenvalue weighted by atomic mass is 10.3. The molecule has 152 valence electrons. The second-order valence-electron chi connectivity index (χ2n) is 6.38. The number of amides is 2. The number of hydrogen-bond donors (Lipinski definition) is 1. The molecule has 0 saturated heterocycles. The van der Waals surface area contributed by atoms with Crippen molar-refractivity contribution in [3.63, 3.8) is 0 Å². The van der Waals surface area contributed by atoms with E-state index in [1.54, 1.807) is 13.1 Å². The van der Waals surface area contributed by atoms with Crippen molar-refractivity contribution in [2.75, 3.05) is 13.6 Å². The molecule has 9 heteroatoms. The number of thiazole rings is 1. The Labute approximate surface area is 171 Å². The van der Waals surface area contributed by atoms with Crippen LogP contribution in [0.1, 0.15) is 28.9 Å². The number of aromatic nitrogens is 1. The Morgan fingerprint density at radius 1 is 1.24 bits per heavy atom. The summed E-state index contributed by atoms with van der Waals surface area (Å²) in [5.41, 5.74) is 0.893. The van der Waals surface area contributed by atoms with Gasteiger partial charge in [-0.2, -0.15) is 0 Å². The van der Waals surface area contributed by atoms with Crippen LogP contribution >= 0.6 is 11.3 Å². The summed E-state index contributed by atoms with van der Waals surface area (Å²) in [6.45, 7) is 1.94. The molecule has 3 rings (SSSR count). The van der Waals surface area contributed by atoms with Gasteiger partial charge in [-0.25, -0.2) is 4.98 Å². The molecule has 1 N–H and O–H groups in total. The van der Waals surface area contributed by atoms with Gasteiger partial charge in [-0.15, -0.1) is 11.3 Å². The minimum absolute atomic E-state index is 0.0499. The molecule has 2 heterocycles. The zero-order valence-electron chi connectivity index (χ0n) is 16.1. The van der Waals surface area contributed by atoms with Gasteiger partial charge in [0.25, 0.3) is 11.8 Å². The second-order valence-corrected chi connectivity index (χ2v) is 7.50. The van der Waals surface area contributed by atoms with Crippen molar-refractivity contribution in [2.45, 2.75) is 26.0 Å². The Morgan fingerprint density at radius 2 is 2.03 bits per heavy atom. The van der Waals surface area contributed by atoms with Crippen LogP contribution in [0.3, 0.4) is 0 Å². The Bertz CT molecular complexity index is 966. The number of nitrogens with zero attached hydrogens (tertiary/aromatic N) is 2. The summed E-state index contributed by atoms with van der Waals surface area (Å²) >= 11 is 1.52. The summed E-state index contributed by atoms with van der Waals surface area (Å²) in [5.74, 6) is -1.14. The number of para-hydroxylation sites is 1. The highest BCUT2D eigenvalue weighted by Gasteiger charge is 2.22. The lowest BCUT2D eigenvalue weighted by Gasteiger charge is -2.20. The molecule has 1 aromatic carbocycles. The van der Waals surface area contributed by atoms with E-state index in [-0.39, 0.29) is 24.6 Å². The van der Waals surface area contributed by atoms with E-state index in [1.807, 2.05) is 24.3 Å². The Kier molecular flexibility index (Phi) is 6.61.